The Hall–Kier alpha value is -2.67. The van der Waals surface area contributed by atoms with E-state index >= 15 is 0 Å². The van der Waals surface area contributed by atoms with E-state index in [0.717, 1.165) is 0 Å². The number of ketones is 1. The van der Waals surface area contributed by atoms with E-state index in [2.05, 4.69) is 0 Å². The molecule has 2 aromatic rings. The smallest absolute Gasteiger partial charge is 0.229 e. The monoisotopic (exact) mass is 520 g/mol. The van der Waals surface area contributed by atoms with Crippen LogP contribution in [0.4, 0.5) is 0 Å². The third-order valence-electron chi connectivity index (χ3n) is 6.40. The topological polar surface area (TPSA) is 152 Å². The molecule has 0 aromatic heterocycles. The van der Waals surface area contributed by atoms with Crippen molar-refractivity contribution in [3.8, 4) is 28.4 Å². The van der Waals surface area contributed by atoms with E-state index in [1.54, 1.807) is 24.5 Å². The first-order chi connectivity index (χ1) is 17.2. The maximum Gasteiger partial charge on any atom is 0.229 e. The van der Waals surface area contributed by atoms with E-state index in [-0.39, 0.29) is 40.4 Å². The number of aliphatic hydroxyl groups excluding tert-OH is 4. The third-order valence-corrected chi connectivity index (χ3v) is 7.18. The van der Waals surface area contributed by atoms with Crippen LogP contribution < -0.4 is 19.6 Å². The van der Waals surface area contributed by atoms with Gasteiger partial charge in [-0.1, -0.05) is 6.07 Å². The fraction of sp³-hybridized carbons (Fsp3) is 0.440. The molecule has 2 aromatic carbocycles. The number of benzene rings is 1. The van der Waals surface area contributed by atoms with Gasteiger partial charge < -0.3 is 39.4 Å². The molecular formula is C25H28O10S. The summed E-state index contributed by atoms with van der Waals surface area (Å²) in [5.41, 5.74) is 1.78. The maximum atomic E-state index is 13.0. The number of rotatable bonds is 6. The molecule has 4 rings (SSSR count). The number of methoxy groups -OCH3 is 2. The van der Waals surface area contributed by atoms with Gasteiger partial charge in [0.2, 0.25) is 12.0 Å². The van der Waals surface area contributed by atoms with E-state index < -0.39 is 37.3 Å². The summed E-state index contributed by atoms with van der Waals surface area (Å²) in [7, 11) is 2.82. The van der Waals surface area contributed by atoms with Crippen LogP contribution in [0.15, 0.2) is 34.0 Å². The predicted molar refractivity (Wildman–Crippen MR) is 130 cm³/mol. The predicted octanol–water partition coefficient (Wildman–Crippen LogP) is 0.760. The summed E-state index contributed by atoms with van der Waals surface area (Å²) in [6.07, 6.45) is -5.15. The van der Waals surface area contributed by atoms with Crippen LogP contribution in [0.1, 0.15) is 22.3 Å². The van der Waals surface area contributed by atoms with Gasteiger partial charge in [-0.3, -0.25) is 9.59 Å². The molecule has 1 fully saturated rings. The second-order valence-corrected chi connectivity index (χ2v) is 9.30. The second kappa shape index (κ2) is 10.8. The molecule has 1 unspecified atom stereocenters. The van der Waals surface area contributed by atoms with E-state index in [9.17, 15) is 30.0 Å². The van der Waals surface area contributed by atoms with Gasteiger partial charge in [-0.05, 0) is 42.0 Å². The maximum absolute atomic E-state index is 13.0. The number of carbonyl (C=O) groups excluding carboxylic acids is 1. The number of fused-ring (bicyclic) bond motifs is 3. The molecule has 1 heterocycles. The summed E-state index contributed by atoms with van der Waals surface area (Å²) in [6, 6.07) is 6.35. The molecule has 2 aliphatic rings. The van der Waals surface area contributed by atoms with Crippen LogP contribution >= 0.6 is 11.8 Å². The Morgan fingerprint density at radius 2 is 1.69 bits per heavy atom. The van der Waals surface area contributed by atoms with Crippen molar-refractivity contribution in [3.63, 3.8) is 0 Å². The van der Waals surface area contributed by atoms with Gasteiger partial charge in [0, 0.05) is 17.5 Å². The van der Waals surface area contributed by atoms with Gasteiger partial charge in [-0.25, -0.2) is 0 Å². The van der Waals surface area contributed by atoms with Crippen LogP contribution in [0.2, 0.25) is 0 Å². The lowest BCUT2D eigenvalue weighted by Crippen LogP contribution is -2.60. The molecular weight excluding hydrogens is 492 g/mol. The Kier molecular flexibility index (Phi) is 7.88. The molecule has 36 heavy (non-hydrogen) atoms. The SMILES string of the molecule is COc1c(OC2O[C@H](CO)[C@@H](O)[C@H](O)[C@H]2O)cc2c(c1OC)-c1ccc(SC)c(=O)cc1C(=O)CC2. The van der Waals surface area contributed by atoms with Crippen LogP contribution in [0, 0.1) is 0 Å². The van der Waals surface area contributed by atoms with Gasteiger partial charge >= 0.3 is 0 Å². The molecule has 11 heteroatoms. The Balaban J connectivity index is 1.87. The molecule has 10 nitrogen and oxygen atoms in total. The Labute approximate surface area is 211 Å². The highest BCUT2D eigenvalue weighted by molar-refractivity contribution is 7.98. The zero-order valence-corrected chi connectivity index (χ0v) is 20.8. The average Bonchev–Trinajstić information content (AvgIpc) is 3.12. The summed E-state index contributed by atoms with van der Waals surface area (Å²) in [4.78, 5) is 26.1. The lowest BCUT2D eigenvalue weighted by atomic mass is 9.96. The first-order valence-corrected chi connectivity index (χ1v) is 12.5. The van der Waals surface area contributed by atoms with Crippen molar-refractivity contribution in [3.05, 3.63) is 45.6 Å². The zero-order chi connectivity index (χ0) is 26.1. The quantitative estimate of drug-likeness (QED) is 0.400. The number of aryl methyl sites for hydroxylation is 1. The Morgan fingerprint density at radius 3 is 2.33 bits per heavy atom. The lowest BCUT2D eigenvalue weighted by Gasteiger charge is -2.39. The third kappa shape index (κ3) is 4.58. The van der Waals surface area contributed by atoms with E-state index in [0.29, 0.717) is 28.0 Å². The van der Waals surface area contributed by atoms with E-state index in [1.807, 2.05) is 0 Å². The molecule has 0 radical (unpaired) electrons. The van der Waals surface area contributed by atoms with Gasteiger partial charge in [0.15, 0.2) is 22.7 Å². The molecule has 0 amide bonds. The van der Waals surface area contributed by atoms with Gasteiger partial charge in [-0.15, -0.1) is 11.8 Å². The number of hydrogen-bond donors (Lipinski definition) is 4. The van der Waals surface area contributed by atoms with Crippen molar-refractivity contribution in [2.75, 3.05) is 27.1 Å². The van der Waals surface area contributed by atoms with Crippen molar-refractivity contribution in [2.24, 2.45) is 0 Å². The fourth-order valence-electron chi connectivity index (χ4n) is 4.54. The van der Waals surface area contributed by atoms with E-state index in [1.165, 1.54) is 32.0 Å². The summed E-state index contributed by atoms with van der Waals surface area (Å²) in [6.45, 7) is -0.606. The van der Waals surface area contributed by atoms with Crippen molar-refractivity contribution in [1.82, 2.24) is 0 Å². The van der Waals surface area contributed by atoms with E-state index in [4.69, 9.17) is 18.9 Å². The number of aliphatic hydroxyl groups is 4. The minimum absolute atomic E-state index is 0.1000. The minimum atomic E-state index is -1.63. The van der Waals surface area contributed by atoms with Gasteiger partial charge in [0.1, 0.15) is 24.4 Å². The van der Waals surface area contributed by atoms with Crippen LogP contribution in [-0.2, 0) is 11.2 Å². The van der Waals surface area contributed by atoms with Crippen LogP contribution in [0.3, 0.4) is 0 Å². The first-order valence-electron chi connectivity index (χ1n) is 11.3. The van der Waals surface area contributed by atoms with Crippen LogP contribution in [0.5, 0.6) is 17.2 Å². The summed E-state index contributed by atoms with van der Waals surface area (Å²) >= 11 is 1.28. The molecule has 194 valence electrons. The first kappa shape index (κ1) is 26.4. The van der Waals surface area contributed by atoms with Gasteiger partial charge in [0.05, 0.1) is 25.7 Å². The number of hydrogen-bond acceptors (Lipinski definition) is 11. The number of carbonyl (C=O) groups is 1. The molecule has 1 saturated heterocycles. The highest BCUT2D eigenvalue weighted by Crippen LogP contribution is 2.49. The highest BCUT2D eigenvalue weighted by atomic mass is 32.2. The Bertz CT molecular complexity index is 1210. The molecule has 4 N–H and O–H groups in total. The Morgan fingerprint density at radius 1 is 0.972 bits per heavy atom. The lowest BCUT2D eigenvalue weighted by molar-refractivity contribution is -0.277. The molecule has 0 bridgehead atoms. The fourth-order valence-corrected chi connectivity index (χ4v) is 5.00. The van der Waals surface area contributed by atoms with Crippen molar-refractivity contribution < 1.29 is 44.2 Å². The van der Waals surface area contributed by atoms with Crippen molar-refractivity contribution >= 4 is 17.5 Å². The largest absolute Gasteiger partial charge is 0.492 e. The standard InChI is InChI=1S/C25H28O10S/c1-32-23-16(34-25-22(31)21(30)20(29)17(10-26)35-25)8-11-4-6-14(27)13-9-15(28)18(36-3)7-5-12(13)19(11)24(23)33-2/h5,7-9,17,20-22,25-26,29-31H,4,6,10H2,1-3H3/t17-,20-,21+,22-,25?/m1/s1. The molecule has 0 saturated carbocycles. The number of ether oxygens (including phenoxy) is 4. The van der Waals surface area contributed by atoms with Crippen LogP contribution in [-0.4, -0.2) is 84.0 Å². The summed E-state index contributed by atoms with van der Waals surface area (Å²) in [5, 5.41) is 40.1. The molecule has 5 atom stereocenters. The summed E-state index contributed by atoms with van der Waals surface area (Å²) < 4.78 is 22.7. The minimum Gasteiger partial charge on any atom is -0.492 e. The highest BCUT2D eigenvalue weighted by Gasteiger charge is 2.45. The molecule has 1 aliphatic carbocycles. The van der Waals surface area contributed by atoms with Gasteiger partial charge in [0.25, 0.3) is 0 Å². The van der Waals surface area contributed by atoms with Gasteiger partial charge in [-0.2, -0.15) is 0 Å². The number of Topliss-reactive ketones (excluding diaryl/α,β-unsaturated/α-hetero) is 1. The van der Waals surface area contributed by atoms with Crippen molar-refractivity contribution in [1.29, 1.82) is 0 Å². The molecule has 0 spiro atoms. The number of thioether (sulfide) groups is 1. The zero-order valence-electron chi connectivity index (χ0n) is 20.0. The average molecular weight is 521 g/mol. The molecule has 1 aliphatic heterocycles. The van der Waals surface area contributed by atoms with Crippen LogP contribution in [0.25, 0.3) is 11.1 Å². The second-order valence-electron chi connectivity index (χ2n) is 8.45. The summed E-state index contributed by atoms with van der Waals surface area (Å²) in [5.74, 6) is 0.282. The van der Waals surface area contributed by atoms with Crippen molar-refractivity contribution in [2.45, 2.75) is 48.4 Å². The normalized spacial score (nSPS) is 25.4.